The number of nitrogens with one attached hydrogen (secondary N) is 2. The van der Waals surface area contributed by atoms with Crippen molar-refractivity contribution in [2.45, 2.75) is 32.4 Å². The summed E-state index contributed by atoms with van der Waals surface area (Å²) in [6.07, 6.45) is -1.99. The molecule has 1 aliphatic rings. The van der Waals surface area contributed by atoms with Crippen molar-refractivity contribution >= 4 is 11.6 Å². The van der Waals surface area contributed by atoms with Crippen LogP contribution in [0.2, 0.25) is 0 Å². The average Bonchev–Trinajstić information content (AvgIpc) is 2.96. The van der Waals surface area contributed by atoms with E-state index in [-0.39, 0.29) is 11.7 Å². The lowest BCUT2D eigenvalue weighted by Gasteiger charge is -2.13. The molecule has 0 aliphatic carbocycles. The number of aryl methyl sites for hydroxylation is 1. The number of anilines is 1. The summed E-state index contributed by atoms with van der Waals surface area (Å²) in [6.45, 7) is 2.28. The molecule has 1 aromatic rings. The number of alkyl halides is 3. The fourth-order valence-electron chi connectivity index (χ4n) is 2.57. The topological polar surface area (TPSA) is 50.4 Å². The Bertz CT molecular complexity index is 541. The number of rotatable bonds is 6. The van der Waals surface area contributed by atoms with Crippen LogP contribution in [0.15, 0.2) is 18.2 Å². The van der Waals surface area contributed by atoms with E-state index in [9.17, 15) is 18.0 Å². The Kier molecular flexibility index (Phi) is 5.87. The third-order valence-electron chi connectivity index (χ3n) is 3.79. The first-order valence-corrected chi connectivity index (χ1v) is 7.64. The molecule has 2 N–H and O–H groups in total. The average molecular weight is 330 g/mol. The van der Waals surface area contributed by atoms with E-state index in [4.69, 9.17) is 4.74 Å². The van der Waals surface area contributed by atoms with Crippen LogP contribution >= 0.6 is 0 Å². The van der Waals surface area contributed by atoms with Gasteiger partial charge < -0.3 is 15.4 Å². The maximum Gasteiger partial charge on any atom is 0.422 e. The van der Waals surface area contributed by atoms with Crippen LogP contribution in [0.3, 0.4) is 0 Å². The van der Waals surface area contributed by atoms with Crippen molar-refractivity contribution in [1.29, 1.82) is 0 Å². The maximum atomic E-state index is 12.2. The Hall–Kier alpha value is -1.76. The van der Waals surface area contributed by atoms with E-state index < -0.39 is 12.8 Å². The molecule has 1 unspecified atom stereocenters. The van der Waals surface area contributed by atoms with Crippen LogP contribution in [0, 0.1) is 12.8 Å². The molecular formula is C16H21F3N2O2. The predicted molar refractivity (Wildman–Crippen MR) is 81.6 cm³/mol. The molecule has 1 heterocycles. The van der Waals surface area contributed by atoms with Crippen molar-refractivity contribution in [2.24, 2.45) is 5.92 Å². The number of hydrogen-bond acceptors (Lipinski definition) is 3. The molecule has 7 heteroatoms. The van der Waals surface area contributed by atoms with Gasteiger partial charge in [0.05, 0.1) is 0 Å². The zero-order valence-corrected chi connectivity index (χ0v) is 13.0. The summed E-state index contributed by atoms with van der Waals surface area (Å²) in [7, 11) is 0. The molecule has 1 atom stereocenters. The molecule has 1 saturated heterocycles. The summed E-state index contributed by atoms with van der Waals surface area (Å²) in [6, 6.07) is 4.60. The van der Waals surface area contributed by atoms with Gasteiger partial charge in [-0.15, -0.1) is 0 Å². The van der Waals surface area contributed by atoms with E-state index in [1.54, 1.807) is 19.1 Å². The van der Waals surface area contributed by atoms with Gasteiger partial charge >= 0.3 is 6.18 Å². The van der Waals surface area contributed by atoms with Crippen molar-refractivity contribution in [3.05, 3.63) is 23.8 Å². The molecule has 0 bridgehead atoms. The minimum Gasteiger partial charge on any atom is -0.484 e. The molecule has 128 valence electrons. The molecule has 0 spiro atoms. The van der Waals surface area contributed by atoms with Crippen molar-refractivity contribution < 1.29 is 22.7 Å². The molecule has 1 aromatic carbocycles. The summed E-state index contributed by atoms with van der Waals surface area (Å²) in [5.74, 6) is 0.623. The van der Waals surface area contributed by atoms with Gasteiger partial charge in [0.25, 0.3) is 0 Å². The Labute approximate surface area is 133 Å². The molecule has 1 fully saturated rings. The van der Waals surface area contributed by atoms with Gasteiger partial charge in [-0.1, -0.05) is 0 Å². The highest BCUT2D eigenvalue weighted by molar-refractivity contribution is 5.90. The van der Waals surface area contributed by atoms with Crippen LogP contribution in [-0.2, 0) is 4.79 Å². The third kappa shape index (κ3) is 6.09. The highest BCUT2D eigenvalue weighted by Gasteiger charge is 2.28. The lowest BCUT2D eigenvalue weighted by atomic mass is 10.0. The van der Waals surface area contributed by atoms with Crippen LogP contribution in [0.1, 0.15) is 24.8 Å². The Morgan fingerprint density at radius 2 is 2.22 bits per heavy atom. The van der Waals surface area contributed by atoms with E-state index in [1.807, 2.05) is 0 Å². The van der Waals surface area contributed by atoms with Crippen LogP contribution in [0.5, 0.6) is 5.75 Å². The Morgan fingerprint density at radius 3 is 2.83 bits per heavy atom. The van der Waals surface area contributed by atoms with Gasteiger partial charge in [-0.3, -0.25) is 4.79 Å². The van der Waals surface area contributed by atoms with Crippen molar-refractivity contribution in [3.63, 3.8) is 0 Å². The van der Waals surface area contributed by atoms with E-state index >= 15 is 0 Å². The van der Waals surface area contributed by atoms with Gasteiger partial charge in [-0.05, 0) is 62.5 Å². The van der Waals surface area contributed by atoms with Crippen LogP contribution in [0.4, 0.5) is 18.9 Å². The standard InChI is InChI=1S/C16H21F3N2O2/c1-11-8-13(3-4-14(11)23-10-16(17,18)19)21-15(22)5-2-12-6-7-20-9-12/h3-4,8,12,20H,2,5-7,9-10H2,1H3,(H,21,22). The molecule has 0 aromatic heterocycles. The van der Waals surface area contributed by atoms with Gasteiger partial charge in [-0.25, -0.2) is 0 Å². The van der Waals surface area contributed by atoms with Gasteiger partial charge in [0, 0.05) is 12.1 Å². The summed E-state index contributed by atoms with van der Waals surface area (Å²) in [5, 5.41) is 6.03. The summed E-state index contributed by atoms with van der Waals surface area (Å²) in [4.78, 5) is 11.9. The van der Waals surface area contributed by atoms with Crippen molar-refractivity contribution in [1.82, 2.24) is 5.32 Å². The fourth-order valence-corrected chi connectivity index (χ4v) is 2.57. The monoisotopic (exact) mass is 330 g/mol. The van der Waals surface area contributed by atoms with Crippen molar-refractivity contribution in [2.75, 3.05) is 25.0 Å². The second-order valence-electron chi connectivity index (χ2n) is 5.83. The van der Waals surface area contributed by atoms with E-state index in [2.05, 4.69) is 10.6 Å². The number of ether oxygens (including phenoxy) is 1. The minimum absolute atomic E-state index is 0.0831. The smallest absolute Gasteiger partial charge is 0.422 e. The number of carbonyl (C=O) groups excluding carboxylic acids is 1. The minimum atomic E-state index is -4.37. The highest BCUT2D eigenvalue weighted by Crippen LogP contribution is 2.25. The first-order chi connectivity index (χ1) is 10.8. The number of amides is 1. The molecule has 1 amide bonds. The Morgan fingerprint density at radius 1 is 1.43 bits per heavy atom. The first kappa shape index (κ1) is 17.6. The number of hydrogen-bond donors (Lipinski definition) is 2. The number of benzene rings is 1. The van der Waals surface area contributed by atoms with Gasteiger partial charge in [0.1, 0.15) is 5.75 Å². The summed E-state index contributed by atoms with van der Waals surface area (Å²) in [5.41, 5.74) is 1.11. The van der Waals surface area contributed by atoms with Crippen LogP contribution < -0.4 is 15.4 Å². The number of halogens is 3. The summed E-state index contributed by atoms with van der Waals surface area (Å²) < 4.78 is 41.2. The number of carbonyl (C=O) groups is 1. The zero-order valence-electron chi connectivity index (χ0n) is 13.0. The van der Waals surface area contributed by atoms with E-state index in [0.717, 1.165) is 25.9 Å². The molecule has 23 heavy (non-hydrogen) atoms. The van der Waals surface area contributed by atoms with Crippen molar-refractivity contribution in [3.8, 4) is 5.75 Å². The fraction of sp³-hybridized carbons (Fsp3) is 0.562. The van der Waals surface area contributed by atoms with E-state index in [1.165, 1.54) is 6.07 Å². The van der Waals surface area contributed by atoms with Crippen LogP contribution in [-0.4, -0.2) is 31.8 Å². The second-order valence-corrected chi connectivity index (χ2v) is 5.83. The maximum absolute atomic E-state index is 12.2. The van der Waals surface area contributed by atoms with Gasteiger partial charge in [0.2, 0.25) is 5.91 Å². The lowest BCUT2D eigenvalue weighted by molar-refractivity contribution is -0.153. The molecule has 4 nitrogen and oxygen atoms in total. The molecule has 0 saturated carbocycles. The van der Waals surface area contributed by atoms with E-state index in [0.29, 0.717) is 23.6 Å². The highest BCUT2D eigenvalue weighted by atomic mass is 19.4. The molecule has 1 aliphatic heterocycles. The SMILES string of the molecule is Cc1cc(NC(=O)CCC2CCNC2)ccc1OCC(F)(F)F. The second kappa shape index (κ2) is 7.68. The third-order valence-corrected chi connectivity index (χ3v) is 3.79. The largest absolute Gasteiger partial charge is 0.484 e. The lowest BCUT2D eigenvalue weighted by Crippen LogP contribution is -2.19. The predicted octanol–water partition coefficient (Wildman–Crippen LogP) is 3.26. The van der Waals surface area contributed by atoms with Gasteiger partial charge in [-0.2, -0.15) is 13.2 Å². The molecular weight excluding hydrogens is 309 g/mol. The molecule has 0 radical (unpaired) electrons. The summed E-state index contributed by atoms with van der Waals surface area (Å²) >= 11 is 0. The Balaban J connectivity index is 1.83. The van der Waals surface area contributed by atoms with Crippen LogP contribution in [0.25, 0.3) is 0 Å². The van der Waals surface area contributed by atoms with Gasteiger partial charge in [0.15, 0.2) is 6.61 Å². The molecule has 2 rings (SSSR count). The zero-order chi connectivity index (χ0) is 16.9. The first-order valence-electron chi connectivity index (χ1n) is 7.64. The normalized spacial score (nSPS) is 18.0. The quantitative estimate of drug-likeness (QED) is 0.842.